The Kier molecular flexibility index (Phi) is 6.22. The predicted octanol–water partition coefficient (Wildman–Crippen LogP) is 5.28. The minimum absolute atomic E-state index is 0.0447. The molecule has 0 saturated heterocycles. The Morgan fingerprint density at radius 1 is 1.22 bits per heavy atom. The maximum atomic E-state index is 12.4. The number of hydrogen-bond donors (Lipinski definition) is 1. The Morgan fingerprint density at radius 2 is 1.93 bits per heavy atom. The molecule has 0 amide bonds. The number of carbonyl (C=O) groups excluding carboxylic acids is 1. The molecular weight excluding hydrogens is 455 g/mol. The Labute approximate surface area is 174 Å². The monoisotopic (exact) mass is 468 g/mol. The fraction of sp³-hybridized carbons (Fsp3) is 0.158. The van der Waals surface area contributed by atoms with E-state index in [9.17, 15) is 9.90 Å². The molecule has 1 heterocycles. The van der Waals surface area contributed by atoms with Gasteiger partial charge in [-0.1, -0.05) is 51.3 Å². The number of esters is 1. The molecule has 0 saturated carbocycles. The van der Waals surface area contributed by atoms with Crippen molar-refractivity contribution < 1.29 is 14.6 Å². The van der Waals surface area contributed by atoms with Gasteiger partial charge in [0.25, 0.3) is 0 Å². The summed E-state index contributed by atoms with van der Waals surface area (Å²) < 4.78 is 7.52. The molecule has 3 aromatic rings. The first-order valence-electron chi connectivity index (χ1n) is 8.07. The average Bonchev–Trinajstić information content (AvgIpc) is 3.02. The zero-order chi connectivity index (χ0) is 19.6. The summed E-state index contributed by atoms with van der Waals surface area (Å²) in [5.41, 5.74) is 2.25. The molecule has 5 nitrogen and oxygen atoms in total. The number of hydrogen-bond acceptors (Lipinski definition) is 4. The molecule has 1 N–H and O–H groups in total. The van der Waals surface area contributed by atoms with Crippen LogP contribution in [0.2, 0.25) is 10.0 Å². The second-order valence-corrected chi connectivity index (χ2v) is 7.33. The summed E-state index contributed by atoms with van der Waals surface area (Å²) in [4.78, 5) is 12.4. The van der Waals surface area contributed by atoms with Crippen molar-refractivity contribution in [2.24, 2.45) is 0 Å². The summed E-state index contributed by atoms with van der Waals surface area (Å²) in [5.74, 6) is -0.608. The number of rotatable bonds is 5. The molecule has 1 aromatic heterocycles. The summed E-state index contributed by atoms with van der Waals surface area (Å²) in [6.07, 6.45) is 0. The number of aliphatic hydroxyl groups is 1. The number of nitrogens with zero attached hydrogens (tertiary/aromatic N) is 2. The molecule has 0 aliphatic rings. The van der Waals surface area contributed by atoms with Crippen LogP contribution >= 0.6 is 39.1 Å². The lowest BCUT2D eigenvalue weighted by Gasteiger charge is -2.11. The van der Waals surface area contributed by atoms with Gasteiger partial charge in [0.2, 0.25) is 0 Å². The third kappa shape index (κ3) is 4.04. The van der Waals surface area contributed by atoms with Crippen LogP contribution in [0.4, 0.5) is 0 Å². The van der Waals surface area contributed by atoms with E-state index in [0.29, 0.717) is 27.0 Å². The fourth-order valence-electron chi connectivity index (χ4n) is 2.70. The van der Waals surface area contributed by atoms with Crippen LogP contribution in [0.3, 0.4) is 0 Å². The van der Waals surface area contributed by atoms with Crippen molar-refractivity contribution in [2.75, 3.05) is 6.61 Å². The molecule has 0 unspecified atom stereocenters. The number of aromatic nitrogens is 2. The maximum absolute atomic E-state index is 12.4. The average molecular weight is 470 g/mol. The third-order valence-electron chi connectivity index (χ3n) is 3.87. The number of carbonyl (C=O) groups is 1. The first-order valence-corrected chi connectivity index (χ1v) is 9.62. The topological polar surface area (TPSA) is 64.3 Å². The van der Waals surface area contributed by atoms with Gasteiger partial charge in [-0.3, -0.25) is 0 Å². The number of halogens is 3. The van der Waals surface area contributed by atoms with Crippen molar-refractivity contribution >= 4 is 45.1 Å². The summed E-state index contributed by atoms with van der Waals surface area (Å²) in [7, 11) is 0. The van der Waals surface area contributed by atoms with Crippen LogP contribution in [0.1, 0.15) is 23.0 Å². The highest BCUT2D eigenvalue weighted by Crippen LogP contribution is 2.33. The van der Waals surface area contributed by atoms with Gasteiger partial charge < -0.3 is 9.84 Å². The van der Waals surface area contributed by atoms with E-state index in [2.05, 4.69) is 21.0 Å². The summed E-state index contributed by atoms with van der Waals surface area (Å²) >= 11 is 15.8. The van der Waals surface area contributed by atoms with Gasteiger partial charge in [-0.15, -0.1) is 0 Å². The van der Waals surface area contributed by atoms with Crippen LogP contribution in [0.15, 0.2) is 46.9 Å². The highest BCUT2D eigenvalue weighted by Gasteiger charge is 2.26. The lowest BCUT2D eigenvalue weighted by Crippen LogP contribution is -2.08. The van der Waals surface area contributed by atoms with Crippen LogP contribution in [-0.2, 0) is 11.3 Å². The van der Waals surface area contributed by atoms with Gasteiger partial charge in [0.1, 0.15) is 0 Å². The highest BCUT2D eigenvalue weighted by atomic mass is 79.9. The van der Waals surface area contributed by atoms with E-state index >= 15 is 0 Å². The number of ether oxygens (including phenoxy) is 1. The summed E-state index contributed by atoms with van der Waals surface area (Å²) in [5, 5.41) is 15.2. The van der Waals surface area contributed by atoms with E-state index in [1.165, 1.54) is 4.68 Å². The second kappa shape index (κ2) is 8.44. The van der Waals surface area contributed by atoms with Gasteiger partial charge in [-0.2, -0.15) is 5.10 Å². The van der Waals surface area contributed by atoms with Crippen molar-refractivity contribution in [1.82, 2.24) is 9.78 Å². The van der Waals surface area contributed by atoms with Crippen molar-refractivity contribution in [3.05, 3.63) is 68.2 Å². The van der Waals surface area contributed by atoms with Crippen LogP contribution in [0, 0.1) is 0 Å². The molecule has 0 bridgehead atoms. The molecule has 0 spiro atoms. The van der Waals surface area contributed by atoms with Gasteiger partial charge in [-0.05, 0) is 37.3 Å². The van der Waals surface area contributed by atoms with Crippen molar-refractivity contribution in [1.29, 1.82) is 0 Å². The minimum Gasteiger partial charge on any atom is -0.461 e. The van der Waals surface area contributed by atoms with Crippen LogP contribution in [-0.4, -0.2) is 27.5 Å². The van der Waals surface area contributed by atoms with Crippen molar-refractivity contribution in [3.63, 3.8) is 0 Å². The van der Waals surface area contributed by atoms with Gasteiger partial charge in [0.05, 0.1) is 29.6 Å². The quantitative estimate of drug-likeness (QED) is 0.516. The molecule has 2 aromatic carbocycles. The van der Waals surface area contributed by atoms with Gasteiger partial charge in [0.15, 0.2) is 5.69 Å². The van der Waals surface area contributed by atoms with E-state index in [4.69, 9.17) is 27.9 Å². The van der Waals surface area contributed by atoms with Gasteiger partial charge in [0, 0.05) is 20.6 Å². The Balaban J connectivity index is 2.30. The molecular formula is C19H15BrCl2N2O3. The molecule has 3 rings (SSSR count). The van der Waals surface area contributed by atoms with E-state index in [0.717, 1.165) is 10.0 Å². The van der Waals surface area contributed by atoms with Crippen molar-refractivity contribution in [3.8, 4) is 16.9 Å². The smallest absolute Gasteiger partial charge is 0.359 e. The molecule has 140 valence electrons. The zero-order valence-corrected chi connectivity index (χ0v) is 17.3. The molecule has 0 aliphatic carbocycles. The normalized spacial score (nSPS) is 10.9. The highest BCUT2D eigenvalue weighted by molar-refractivity contribution is 9.10. The fourth-order valence-corrected chi connectivity index (χ4v) is 3.45. The maximum Gasteiger partial charge on any atom is 0.359 e. The van der Waals surface area contributed by atoms with Crippen LogP contribution < -0.4 is 0 Å². The van der Waals surface area contributed by atoms with E-state index < -0.39 is 5.97 Å². The van der Waals surface area contributed by atoms with E-state index in [1.807, 2.05) is 24.3 Å². The van der Waals surface area contributed by atoms with Crippen LogP contribution in [0.25, 0.3) is 16.9 Å². The first-order chi connectivity index (χ1) is 13.0. The van der Waals surface area contributed by atoms with Crippen molar-refractivity contribution in [2.45, 2.75) is 13.5 Å². The number of aliphatic hydroxyl groups excluding tert-OH is 1. The lowest BCUT2D eigenvalue weighted by atomic mass is 10.1. The molecule has 0 atom stereocenters. The first kappa shape index (κ1) is 19.9. The molecule has 0 fully saturated rings. The predicted molar refractivity (Wildman–Crippen MR) is 109 cm³/mol. The largest absolute Gasteiger partial charge is 0.461 e. The molecule has 0 radical (unpaired) electrons. The molecule has 0 aliphatic heterocycles. The minimum atomic E-state index is -0.608. The standard InChI is InChI=1S/C19H15BrCl2N2O3/c1-2-27-19(26)17-14(10-25)18(11-3-5-12(20)6-4-11)24(23-17)16-8-7-13(21)9-15(16)22/h3-9,25H,2,10H2,1H3. The number of benzene rings is 2. The summed E-state index contributed by atoms with van der Waals surface area (Å²) in [6, 6.07) is 12.4. The van der Waals surface area contributed by atoms with Gasteiger partial charge in [-0.25, -0.2) is 9.48 Å². The lowest BCUT2D eigenvalue weighted by molar-refractivity contribution is 0.0515. The SMILES string of the molecule is CCOC(=O)c1nn(-c2ccc(Cl)cc2Cl)c(-c2ccc(Br)cc2)c1CO. The van der Waals surface area contributed by atoms with E-state index in [1.54, 1.807) is 25.1 Å². The Bertz CT molecular complexity index is 987. The Hall–Kier alpha value is -1.86. The third-order valence-corrected chi connectivity index (χ3v) is 4.93. The summed E-state index contributed by atoms with van der Waals surface area (Å²) in [6.45, 7) is 1.52. The van der Waals surface area contributed by atoms with Crippen LogP contribution in [0.5, 0.6) is 0 Å². The van der Waals surface area contributed by atoms with E-state index in [-0.39, 0.29) is 18.9 Å². The molecule has 27 heavy (non-hydrogen) atoms. The molecule has 8 heteroatoms. The second-order valence-electron chi connectivity index (χ2n) is 5.57. The van der Waals surface area contributed by atoms with Gasteiger partial charge >= 0.3 is 5.97 Å². The Morgan fingerprint density at radius 3 is 2.52 bits per heavy atom. The zero-order valence-electron chi connectivity index (χ0n) is 14.2.